The van der Waals surface area contributed by atoms with Crippen molar-refractivity contribution in [3.8, 4) is 0 Å². The number of carbonyl (C=O) groups excluding carboxylic acids is 1. The third-order valence-corrected chi connectivity index (χ3v) is 5.47. The van der Waals surface area contributed by atoms with E-state index >= 15 is 0 Å². The largest absolute Gasteiger partial charge is 0.411 e. The van der Waals surface area contributed by atoms with Gasteiger partial charge in [0.15, 0.2) is 0 Å². The molecule has 9 heteroatoms. The van der Waals surface area contributed by atoms with Crippen LogP contribution in [0.1, 0.15) is 15.9 Å². The second kappa shape index (κ2) is 7.46. The van der Waals surface area contributed by atoms with Crippen LogP contribution in [-0.4, -0.2) is 35.9 Å². The van der Waals surface area contributed by atoms with Crippen LogP contribution in [0.2, 0.25) is 0 Å². The highest BCUT2D eigenvalue weighted by Gasteiger charge is 2.21. The Balaban J connectivity index is 1.73. The molecule has 0 aliphatic rings. The van der Waals surface area contributed by atoms with Gasteiger partial charge < -0.3 is 4.42 Å². The molecule has 3 rings (SSSR count). The molecule has 8 nitrogen and oxygen atoms in total. The highest BCUT2D eigenvalue weighted by Crippen LogP contribution is 2.18. The maximum atomic E-state index is 12.7. The molecule has 1 aromatic heterocycles. The second-order valence-electron chi connectivity index (χ2n) is 5.47. The zero-order chi connectivity index (χ0) is 18.6. The van der Waals surface area contributed by atoms with Crippen LogP contribution in [0.3, 0.4) is 0 Å². The van der Waals surface area contributed by atoms with Crippen molar-refractivity contribution in [3.63, 3.8) is 0 Å². The van der Waals surface area contributed by atoms with Crippen molar-refractivity contribution in [3.05, 3.63) is 72.1 Å². The molecular weight excluding hydrogens is 356 g/mol. The summed E-state index contributed by atoms with van der Waals surface area (Å²) < 4.78 is 31.4. The van der Waals surface area contributed by atoms with Gasteiger partial charge in [0.05, 0.1) is 4.90 Å². The molecular formula is C17H16N4O4S. The predicted molar refractivity (Wildman–Crippen MR) is 93.8 cm³/mol. The standard InChI is InChI=1S/C17H16N4O4S/c1-21(11-13-5-3-2-4-6-13)26(23,24)15-9-7-14(8-10-15)16(22)19-17-20-18-12-25-17/h2-10,12H,11H2,1H3,(H,19,20,22). The topological polar surface area (TPSA) is 105 Å². The Morgan fingerprint density at radius 1 is 1.12 bits per heavy atom. The molecule has 1 amide bonds. The van der Waals surface area contributed by atoms with Gasteiger partial charge in [0.25, 0.3) is 5.91 Å². The summed E-state index contributed by atoms with van der Waals surface area (Å²) in [5.41, 5.74) is 1.15. The van der Waals surface area contributed by atoms with E-state index in [1.165, 1.54) is 35.6 Å². The fourth-order valence-corrected chi connectivity index (χ4v) is 3.44. The molecule has 0 aliphatic heterocycles. The number of rotatable bonds is 6. The molecule has 0 fully saturated rings. The predicted octanol–water partition coefficient (Wildman–Crippen LogP) is 2.14. The van der Waals surface area contributed by atoms with Gasteiger partial charge in [-0.25, -0.2) is 8.42 Å². The smallest absolute Gasteiger partial charge is 0.322 e. The Labute approximate surface area is 150 Å². The summed E-state index contributed by atoms with van der Waals surface area (Å²) in [6.45, 7) is 0.253. The number of carbonyl (C=O) groups is 1. The van der Waals surface area contributed by atoms with E-state index < -0.39 is 15.9 Å². The lowest BCUT2D eigenvalue weighted by Gasteiger charge is -2.17. The summed E-state index contributed by atoms with van der Waals surface area (Å²) in [5.74, 6) is -0.476. The Bertz CT molecular complexity index is 971. The molecule has 1 heterocycles. The van der Waals surface area contributed by atoms with E-state index in [0.717, 1.165) is 12.0 Å². The second-order valence-corrected chi connectivity index (χ2v) is 7.51. The number of nitrogens with one attached hydrogen (secondary N) is 1. The summed E-state index contributed by atoms with van der Waals surface area (Å²) >= 11 is 0. The Hall–Kier alpha value is -3.04. The first-order valence-corrected chi connectivity index (χ1v) is 9.08. The average molecular weight is 372 g/mol. The van der Waals surface area contributed by atoms with Gasteiger partial charge in [-0.3, -0.25) is 10.1 Å². The maximum absolute atomic E-state index is 12.7. The molecule has 0 spiro atoms. The highest BCUT2D eigenvalue weighted by molar-refractivity contribution is 7.89. The molecule has 0 saturated carbocycles. The van der Waals surface area contributed by atoms with Crippen LogP contribution in [0.15, 0.2) is 70.3 Å². The van der Waals surface area contributed by atoms with Gasteiger partial charge in [0.2, 0.25) is 16.4 Å². The van der Waals surface area contributed by atoms with Gasteiger partial charge in [0, 0.05) is 19.2 Å². The molecule has 1 N–H and O–H groups in total. The fraction of sp³-hybridized carbons (Fsp3) is 0.118. The summed E-state index contributed by atoms with van der Waals surface area (Å²) in [4.78, 5) is 12.2. The first kappa shape index (κ1) is 17.8. The minimum atomic E-state index is -3.67. The lowest BCUT2D eigenvalue weighted by Crippen LogP contribution is -2.26. The van der Waals surface area contributed by atoms with Crippen molar-refractivity contribution >= 4 is 21.9 Å². The van der Waals surface area contributed by atoms with Gasteiger partial charge in [-0.15, -0.1) is 5.10 Å². The van der Waals surface area contributed by atoms with E-state index in [-0.39, 0.29) is 23.0 Å². The highest BCUT2D eigenvalue weighted by atomic mass is 32.2. The normalized spacial score (nSPS) is 11.5. The van der Waals surface area contributed by atoms with Crippen LogP contribution in [-0.2, 0) is 16.6 Å². The molecule has 0 saturated heterocycles. The number of aromatic nitrogens is 2. The number of sulfonamides is 1. The quantitative estimate of drug-likeness (QED) is 0.711. The monoisotopic (exact) mass is 372 g/mol. The van der Waals surface area contributed by atoms with Gasteiger partial charge in [-0.2, -0.15) is 4.31 Å². The molecule has 0 atom stereocenters. The molecule has 0 radical (unpaired) electrons. The number of hydrogen-bond donors (Lipinski definition) is 1. The van der Waals surface area contributed by atoms with Crippen LogP contribution in [0.4, 0.5) is 6.01 Å². The van der Waals surface area contributed by atoms with Gasteiger partial charge in [-0.1, -0.05) is 35.4 Å². The van der Waals surface area contributed by atoms with Crippen molar-refractivity contribution in [2.45, 2.75) is 11.4 Å². The minimum Gasteiger partial charge on any atom is -0.411 e. The fourth-order valence-electron chi connectivity index (χ4n) is 2.28. The zero-order valence-electron chi connectivity index (χ0n) is 13.9. The molecule has 26 heavy (non-hydrogen) atoms. The summed E-state index contributed by atoms with van der Waals surface area (Å²) in [6, 6.07) is 14.9. The summed E-state index contributed by atoms with van der Waals surface area (Å²) in [6.07, 6.45) is 1.09. The van der Waals surface area contributed by atoms with E-state index in [4.69, 9.17) is 4.42 Å². The Morgan fingerprint density at radius 2 is 1.81 bits per heavy atom. The van der Waals surface area contributed by atoms with Gasteiger partial charge >= 0.3 is 6.01 Å². The van der Waals surface area contributed by atoms with Gasteiger partial charge in [0.1, 0.15) is 0 Å². The van der Waals surface area contributed by atoms with Crippen molar-refractivity contribution in [1.82, 2.24) is 14.5 Å². The zero-order valence-corrected chi connectivity index (χ0v) is 14.7. The molecule has 3 aromatic rings. The number of nitrogens with zero attached hydrogens (tertiary/aromatic N) is 3. The van der Waals surface area contributed by atoms with E-state index in [1.807, 2.05) is 30.3 Å². The van der Waals surface area contributed by atoms with E-state index in [9.17, 15) is 13.2 Å². The third kappa shape index (κ3) is 3.95. The van der Waals surface area contributed by atoms with Crippen molar-refractivity contribution in [2.75, 3.05) is 12.4 Å². The molecule has 0 aliphatic carbocycles. The van der Waals surface area contributed by atoms with Crippen molar-refractivity contribution in [1.29, 1.82) is 0 Å². The SMILES string of the molecule is CN(Cc1ccccc1)S(=O)(=O)c1ccc(C(=O)Nc2nnco2)cc1. The molecule has 0 unspecified atom stereocenters. The minimum absolute atomic E-state index is 0.0331. The summed E-state index contributed by atoms with van der Waals surface area (Å²) in [5, 5.41) is 9.42. The third-order valence-electron chi connectivity index (χ3n) is 3.65. The van der Waals surface area contributed by atoms with E-state index in [2.05, 4.69) is 15.5 Å². The first-order chi connectivity index (χ1) is 12.5. The number of amides is 1. The van der Waals surface area contributed by atoms with Crippen LogP contribution in [0, 0.1) is 0 Å². The van der Waals surface area contributed by atoms with Crippen molar-refractivity contribution in [2.24, 2.45) is 0 Å². The summed E-state index contributed by atoms with van der Waals surface area (Å²) in [7, 11) is -2.16. The molecule has 0 bridgehead atoms. The van der Waals surface area contributed by atoms with Crippen LogP contribution >= 0.6 is 0 Å². The van der Waals surface area contributed by atoms with Crippen LogP contribution in [0.25, 0.3) is 0 Å². The number of benzene rings is 2. The lowest BCUT2D eigenvalue weighted by atomic mass is 10.2. The maximum Gasteiger partial charge on any atom is 0.322 e. The Kier molecular flexibility index (Phi) is 5.10. The Morgan fingerprint density at radius 3 is 2.42 bits per heavy atom. The first-order valence-electron chi connectivity index (χ1n) is 7.64. The molecule has 134 valence electrons. The number of anilines is 1. The van der Waals surface area contributed by atoms with E-state index in [1.54, 1.807) is 0 Å². The molecule has 2 aromatic carbocycles. The van der Waals surface area contributed by atoms with E-state index in [0.29, 0.717) is 0 Å². The van der Waals surface area contributed by atoms with Gasteiger partial charge in [-0.05, 0) is 29.8 Å². The lowest BCUT2D eigenvalue weighted by molar-refractivity contribution is 0.102. The van der Waals surface area contributed by atoms with Crippen LogP contribution < -0.4 is 5.32 Å². The van der Waals surface area contributed by atoms with Crippen LogP contribution in [0.5, 0.6) is 0 Å². The average Bonchev–Trinajstić information content (AvgIpc) is 3.15. The van der Waals surface area contributed by atoms with Crippen molar-refractivity contribution < 1.29 is 17.6 Å². The number of hydrogen-bond acceptors (Lipinski definition) is 6.